The molecule has 1 aromatic rings. The number of hydrogen-bond acceptors (Lipinski definition) is 5. The van der Waals surface area contributed by atoms with Crippen LogP contribution in [0.4, 0.5) is 0 Å². The van der Waals surface area contributed by atoms with Gasteiger partial charge in [-0.25, -0.2) is 4.79 Å². The lowest BCUT2D eigenvalue weighted by atomic mass is 10.2. The number of carbonyl (C=O) groups excluding carboxylic acids is 2. The van der Waals surface area contributed by atoms with Gasteiger partial charge in [0.15, 0.2) is 6.61 Å². The zero-order valence-corrected chi connectivity index (χ0v) is 13.8. The molecule has 0 bridgehead atoms. The van der Waals surface area contributed by atoms with Crippen LogP contribution in [-0.4, -0.2) is 44.3 Å². The Labute approximate surface area is 141 Å². The predicted octanol–water partition coefficient (Wildman–Crippen LogP) is 1.94. The summed E-state index contributed by atoms with van der Waals surface area (Å²) in [4.78, 5) is 23.2. The number of amides is 1. The minimum Gasteiger partial charge on any atom is -0.494 e. The van der Waals surface area contributed by atoms with Gasteiger partial charge in [-0.1, -0.05) is 12.1 Å². The van der Waals surface area contributed by atoms with Crippen molar-refractivity contribution in [2.45, 2.75) is 25.9 Å². The first-order chi connectivity index (χ1) is 11.7. The van der Waals surface area contributed by atoms with E-state index in [0.717, 1.165) is 30.8 Å². The molecule has 0 unspecified atom stereocenters. The molecule has 1 N–H and O–H groups in total. The van der Waals surface area contributed by atoms with E-state index in [1.54, 1.807) is 6.08 Å². The number of carbonyl (C=O) groups is 2. The molecular formula is C18H23NO5. The van der Waals surface area contributed by atoms with Crippen LogP contribution in [0.3, 0.4) is 0 Å². The minimum atomic E-state index is -0.559. The molecule has 1 atom stereocenters. The molecule has 6 heteroatoms. The minimum absolute atomic E-state index is 0.0733. The van der Waals surface area contributed by atoms with Gasteiger partial charge in [0.05, 0.1) is 12.7 Å². The van der Waals surface area contributed by atoms with Gasteiger partial charge in [-0.05, 0) is 43.5 Å². The fourth-order valence-electron chi connectivity index (χ4n) is 2.27. The lowest BCUT2D eigenvalue weighted by Crippen LogP contribution is -2.34. The van der Waals surface area contributed by atoms with E-state index in [9.17, 15) is 9.59 Å². The van der Waals surface area contributed by atoms with Crippen LogP contribution < -0.4 is 10.1 Å². The number of rotatable bonds is 8. The summed E-state index contributed by atoms with van der Waals surface area (Å²) in [5.74, 6) is -0.107. The molecule has 24 heavy (non-hydrogen) atoms. The monoisotopic (exact) mass is 333 g/mol. The normalized spacial score (nSPS) is 17.0. The van der Waals surface area contributed by atoms with Gasteiger partial charge < -0.3 is 19.5 Å². The fraction of sp³-hybridized carbons (Fsp3) is 0.444. The molecule has 1 heterocycles. The molecule has 1 fully saturated rings. The van der Waals surface area contributed by atoms with Crippen molar-refractivity contribution in [3.05, 3.63) is 35.9 Å². The van der Waals surface area contributed by atoms with Gasteiger partial charge >= 0.3 is 5.97 Å². The quantitative estimate of drug-likeness (QED) is 0.581. The Kier molecular flexibility index (Phi) is 7.29. The summed E-state index contributed by atoms with van der Waals surface area (Å²) < 4.78 is 15.6. The highest BCUT2D eigenvalue weighted by molar-refractivity contribution is 5.89. The van der Waals surface area contributed by atoms with E-state index in [4.69, 9.17) is 14.2 Å². The van der Waals surface area contributed by atoms with E-state index in [1.807, 2.05) is 31.2 Å². The van der Waals surface area contributed by atoms with Crippen LogP contribution in [-0.2, 0) is 19.1 Å². The number of hydrogen-bond donors (Lipinski definition) is 1. The van der Waals surface area contributed by atoms with Crippen LogP contribution in [0.1, 0.15) is 25.3 Å². The highest BCUT2D eigenvalue weighted by Crippen LogP contribution is 2.13. The molecule has 0 saturated carbocycles. The van der Waals surface area contributed by atoms with Gasteiger partial charge in [-0.2, -0.15) is 0 Å². The van der Waals surface area contributed by atoms with Crippen LogP contribution >= 0.6 is 0 Å². The zero-order chi connectivity index (χ0) is 17.2. The smallest absolute Gasteiger partial charge is 0.331 e. The zero-order valence-electron chi connectivity index (χ0n) is 13.8. The maximum Gasteiger partial charge on any atom is 0.331 e. The van der Waals surface area contributed by atoms with Gasteiger partial charge in [0, 0.05) is 19.2 Å². The van der Waals surface area contributed by atoms with Crippen molar-refractivity contribution in [2.75, 3.05) is 26.4 Å². The van der Waals surface area contributed by atoms with Crippen molar-refractivity contribution >= 4 is 18.0 Å². The summed E-state index contributed by atoms with van der Waals surface area (Å²) in [6.45, 7) is 3.43. The Morgan fingerprint density at radius 2 is 2.12 bits per heavy atom. The van der Waals surface area contributed by atoms with Gasteiger partial charge in [-0.3, -0.25) is 4.79 Å². The van der Waals surface area contributed by atoms with Gasteiger partial charge in [0.1, 0.15) is 5.75 Å². The summed E-state index contributed by atoms with van der Waals surface area (Å²) in [6.07, 6.45) is 4.96. The molecule has 1 saturated heterocycles. The Bertz CT molecular complexity index is 561. The third-order valence-electron chi connectivity index (χ3n) is 3.50. The highest BCUT2D eigenvalue weighted by atomic mass is 16.5. The third kappa shape index (κ3) is 6.42. The molecule has 1 amide bonds. The second kappa shape index (κ2) is 9.72. The van der Waals surface area contributed by atoms with Crippen molar-refractivity contribution in [3.63, 3.8) is 0 Å². The number of esters is 1. The number of benzene rings is 1. The number of nitrogens with one attached hydrogen (secondary N) is 1. The Morgan fingerprint density at radius 1 is 1.33 bits per heavy atom. The van der Waals surface area contributed by atoms with Gasteiger partial charge in [-0.15, -0.1) is 0 Å². The molecule has 130 valence electrons. The summed E-state index contributed by atoms with van der Waals surface area (Å²) in [6, 6.07) is 7.33. The predicted molar refractivity (Wildman–Crippen MR) is 89.6 cm³/mol. The first-order valence-corrected chi connectivity index (χ1v) is 8.13. The van der Waals surface area contributed by atoms with E-state index in [0.29, 0.717) is 13.2 Å². The van der Waals surface area contributed by atoms with E-state index >= 15 is 0 Å². The average molecular weight is 333 g/mol. The highest BCUT2D eigenvalue weighted by Gasteiger charge is 2.16. The van der Waals surface area contributed by atoms with Crippen molar-refractivity contribution in [3.8, 4) is 5.75 Å². The summed E-state index contributed by atoms with van der Waals surface area (Å²) in [5, 5.41) is 2.69. The molecule has 1 aromatic carbocycles. The van der Waals surface area contributed by atoms with Crippen LogP contribution in [0.15, 0.2) is 30.3 Å². The largest absolute Gasteiger partial charge is 0.494 e. The SMILES string of the molecule is CCOc1ccc(/C=C/C(=O)OCC(=O)NC[C@@H]2CCCO2)cc1. The molecular weight excluding hydrogens is 310 g/mol. The number of ether oxygens (including phenoxy) is 3. The Hall–Kier alpha value is -2.34. The van der Waals surface area contributed by atoms with E-state index in [1.165, 1.54) is 6.08 Å². The lowest BCUT2D eigenvalue weighted by Gasteiger charge is -2.10. The molecule has 0 radical (unpaired) electrons. The Balaban J connectivity index is 1.67. The molecule has 0 spiro atoms. The van der Waals surface area contributed by atoms with Crippen molar-refractivity contribution in [1.29, 1.82) is 0 Å². The lowest BCUT2D eigenvalue weighted by molar-refractivity contribution is -0.143. The third-order valence-corrected chi connectivity index (χ3v) is 3.50. The first kappa shape index (κ1) is 18.0. The molecule has 1 aliphatic heterocycles. The van der Waals surface area contributed by atoms with Crippen LogP contribution in [0.2, 0.25) is 0 Å². The first-order valence-electron chi connectivity index (χ1n) is 8.13. The van der Waals surface area contributed by atoms with Gasteiger partial charge in [0.25, 0.3) is 5.91 Å². The standard InChI is InChI=1S/C18H23NO5/c1-2-22-15-8-5-14(6-9-15)7-10-18(21)24-13-17(20)19-12-16-4-3-11-23-16/h5-10,16H,2-4,11-13H2,1H3,(H,19,20)/b10-7+/t16-/m0/s1. The van der Waals surface area contributed by atoms with Crippen LogP contribution in [0.5, 0.6) is 5.75 Å². The maximum absolute atomic E-state index is 11.6. The second-order valence-corrected chi connectivity index (χ2v) is 5.38. The van der Waals surface area contributed by atoms with Crippen LogP contribution in [0.25, 0.3) is 6.08 Å². The van der Waals surface area contributed by atoms with Gasteiger partial charge in [0.2, 0.25) is 0 Å². The summed E-state index contributed by atoms with van der Waals surface area (Å²) in [7, 11) is 0. The summed E-state index contributed by atoms with van der Waals surface area (Å²) in [5.41, 5.74) is 0.846. The molecule has 0 aliphatic carbocycles. The van der Waals surface area contributed by atoms with E-state index < -0.39 is 5.97 Å². The van der Waals surface area contributed by atoms with Crippen LogP contribution in [0, 0.1) is 0 Å². The molecule has 2 rings (SSSR count). The topological polar surface area (TPSA) is 73.9 Å². The van der Waals surface area contributed by atoms with Crippen molar-refractivity contribution < 1.29 is 23.8 Å². The molecule has 0 aromatic heterocycles. The van der Waals surface area contributed by atoms with E-state index in [2.05, 4.69) is 5.32 Å². The van der Waals surface area contributed by atoms with Crippen molar-refractivity contribution in [1.82, 2.24) is 5.32 Å². The average Bonchev–Trinajstić information content (AvgIpc) is 3.11. The Morgan fingerprint density at radius 3 is 2.79 bits per heavy atom. The molecule has 1 aliphatic rings. The second-order valence-electron chi connectivity index (χ2n) is 5.38. The summed E-state index contributed by atoms with van der Waals surface area (Å²) >= 11 is 0. The fourth-order valence-corrected chi connectivity index (χ4v) is 2.27. The molecule has 6 nitrogen and oxygen atoms in total. The van der Waals surface area contributed by atoms with Crippen molar-refractivity contribution in [2.24, 2.45) is 0 Å². The van der Waals surface area contributed by atoms with E-state index in [-0.39, 0.29) is 18.6 Å². The maximum atomic E-state index is 11.6.